The predicted molar refractivity (Wildman–Crippen MR) is 69.9 cm³/mol. The number of nitrogens with two attached hydrogens (primary N) is 1. The molecule has 1 aliphatic rings. The van der Waals surface area contributed by atoms with Crippen LogP contribution in [-0.2, 0) is 11.3 Å². The molecule has 3 N–H and O–H groups in total. The Morgan fingerprint density at radius 3 is 2.94 bits per heavy atom. The maximum absolute atomic E-state index is 5.82. The average molecular weight is 252 g/mol. The minimum atomic E-state index is 0.786. The summed E-state index contributed by atoms with van der Waals surface area (Å²) in [5.41, 5.74) is 1.31. The largest absolute Gasteiger partial charge is 0.488 e. The molecule has 0 aliphatic carbocycles. The van der Waals surface area contributed by atoms with E-state index in [1.807, 2.05) is 6.07 Å². The highest BCUT2D eigenvalue weighted by atomic mass is 16.5. The Kier molecular flexibility index (Phi) is 5.45. The number of benzene rings is 1. The molecule has 2 rings (SSSR count). The third-order valence-corrected chi connectivity index (χ3v) is 3.26. The van der Waals surface area contributed by atoms with Crippen molar-refractivity contribution < 1.29 is 19.7 Å². The van der Waals surface area contributed by atoms with E-state index in [2.05, 4.69) is 30.6 Å². The highest BCUT2D eigenvalue weighted by Gasteiger charge is 2.13. The monoisotopic (exact) mass is 252 g/mol. The lowest BCUT2D eigenvalue weighted by Gasteiger charge is -2.23. The fourth-order valence-corrected chi connectivity index (χ4v) is 2.22. The Hall–Kier alpha value is -1.10. The van der Waals surface area contributed by atoms with Crippen LogP contribution < -0.4 is 15.0 Å². The first-order chi connectivity index (χ1) is 8.88. The zero-order valence-corrected chi connectivity index (χ0v) is 11.2. The van der Waals surface area contributed by atoms with Gasteiger partial charge in [-0.1, -0.05) is 12.1 Å². The van der Waals surface area contributed by atoms with Gasteiger partial charge in [0.15, 0.2) is 0 Å². The molecule has 0 saturated carbocycles. The summed E-state index contributed by atoms with van der Waals surface area (Å²) in [6, 6.07) is 8.37. The Balaban J connectivity index is 1.73. The molecule has 1 aromatic carbocycles. The van der Waals surface area contributed by atoms with Crippen LogP contribution in [0.4, 0.5) is 0 Å². The number of ether oxygens (including phenoxy) is 2. The van der Waals surface area contributed by atoms with Crippen LogP contribution in [0.25, 0.3) is 0 Å². The number of hydrogen-bond donors (Lipinski definition) is 2. The molecule has 0 spiro atoms. The van der Waals surface area contributed by atoms with Crippen molar-refractivity contribution in [1.29, 1.82) is 0 Å². The SMILES string of the molecule is C[NH2+]Cc1cccc(OCC[NH+]2CCOCC2)c1. The lowest BCUT2D eigenvalue weighted by molar-refractivity contribution is -0.908. The van der Waals surface area contributed by atoms with Crippen LogP contribution in [0.2, 0.25) is 0 Å². The summed E-state index contributed by atoms with van der Waals surface area (Å²) in [5, 5.41) is 2.16. The van der Waals surface area contributed by atoms with E-state index in [1.54, 1.807) is 4.90 Å². The average Bonchev–Trinajstić information content (AvgIpc) is 2.41. The van der Waals surface area contributed by atoms with Gasteiger partial charge in [-0.25, -0.2) is 0 Å². The van der Waals surface area contributed by atoms with Crippen LogP contribution >= 0.6 is 0 Å². The first kappa shape index (κ1) is 13.3. The van der Waals surface area contributed by atoms with Gasteiger partial charge in [0.25, 0.3) is 0 Å². The van der Waals surface area contributed by atoms with Crippen molar-refractivity contribution in [3.8, 4) is 5.75 Å². The second-order valence-electron chi connectivity index (χ2n) is 4.72. The molecular formula is C14H24N2O2+2. The van der Waals surface area contributed by atoms with Crippen LogP contribution in [-0.4, -0.2) is 46.5 Å². The zero-order chi connectivity index (χ0) is 12.6. The summed E-state index contributed by atoms with van der Waals surface area (Å²) < 4.78 is 11.2. The second-order valence-corrected chi connectivity index (χ2v) is 4.72. The van der Waals surface area contributed by atoms with Crippen LogP contribution in [0.3, 0.4) is 0 Å². The Labute approximate surface area is 109 Å². The van der Waals surface area contributed by atoms with Crippen molar-refractivity contribution in [2.45, 2.75) is 6.54 Å². The molecule has 18 heavy (non-hydrogen) atoms. The van der Waals surface area contributed by atoms with Gasteiger partial charge < -0.3 is 19.7 Å². The second kappa shape index (κ2) is 7.36. The van der Waals surface area contributed by atoms with Gasteiger partial charge in [-0.3, -0.25) is 0 Å². The summed E-state index contributed by atoms with van der Waals surface area (Å²) in [5.74, 6) is 0.988. The van der Waals surface area contributed by atoms with E-state index in [1.165, 1.54) is 5.56 Å². The summed E-state index contributed by atoms with van der Waals surface area (Å²) in [6.07, 6.45) is 0. The van der Waals surface area contributed by atoms with Gasteiger partial charge in [-0.05, 0) is 12.1 Å². The van der Waals surface area contributed by atoms with Gasteiger partial charge in [0.05, 0.1) is 20.3 Å². The molecular weight excluding hydrogens is 228 g/mol. The molecule has 0 radical (unpaired) electrons. The fourth-order valence-electron chi connectivity index (χ4n) is 2.22. The molecule has 0 atom stereocenters. The zero-order valence-electron chi connectivity index (χ0n) is 11.2. The van der Waals surface area contributed by atoms with Crippen molar-refractivity contribution in [2.75, 3.05) is 46.5 Å². The third kappa shape index (κ3) is 4.29. The summed E-state index contributed by atoms with van der Waals surface area (Å²) in [4.78, 5) is 1.58. The Morgan fingerprint density at radius 2 is 2.17 bits per heavy atom. The fraction of sp³-hybridized carbons (Fsp3) is 0.571. The number of hydrogen-bond acceptors (Lipinski definition) is 2. The predicted octanol–water partition coefficient (Wildman–Crippen LogP) is -1.33. The smallest absolute Gasteiger partial charge is 0.137 e. The highest BCUT2D eigenvalue weighted by Crippen LogP contribution is 2.12. The molecule has 4 heteroatoms. The number of morpholine rings is 1. The normalized spacial score (nSPS) is 16.7. The Morgan fingerprint density at radius 1 is 1.33 bits per heavy atom. The van der Waals surface area contributed by atoms with Crippen LogP contribution in [0.1, 0.15) is 5.56 Å². The number of quaternary nitrogens is 2. The van der Waals surface area contributed by atoms with E-state index in [-0.39, 0.29) is 0 Å². The molecule has 4 nitrogen and oxygen atoms in total. The van der Waals surface area contributed by atoms with E-state index in [0.717, 1.165) is 51.7 Å². The summed E-state index contributed by atoms with van der Waals surface area (Å²) >= 11 is 0. The molecule has 100 valence electrons. The van der Waals surface area contributed by atoms with Crippen LogP contribution in [0.5, 0.6) is 5.75 Å². The highest BCUT2D eigenvalue weighted by molar-refractivity contribution is 5.27. The Bertz CT molecular complexity index is 351. The van der Waals surface area contributed by atoms with E-state index in [4.69, 9.17) is 9.47 Å². The van der Waals surface area contributed by atoms with Gasteiger partial charge in [0.1, 0.15) is 38.5 Å². The van der Waals surface area contributed by atoms with Gasteiger partial charge in [-0.2, -0.15) is 0 Å². The maximum atomic E-state index is 5.82. The standard InChI is InChI=1S/C14H22N2O2/c1-15-12-13-3-2-4-14(11-13)18-10-7-16-5-8-17-9-6-16/h2-4,11,15H,5-10,12H2,1H3/p+2. The van der Waals surface area contributed by atoms with Crippen molar-refractivity contribution in [1.82, 2.24) is 0 Å². The van der Waals surface area contributed by atoms with Crippen molar-refractivity contribution in [3.63, 3.8) is 0 Å². The number of nitrogens with one attached hydrogen (secondary N) is 1. The molecule has 0 aromatic heterocycles. The lowest BCUT2D eigenvalue weighted by atomic mass is 10.2. The van der Waals surface area contributed by atoms with E-state index in [9.17, 15) is 0 Å². The van der Waals surface area contributed by atoms with Crippen LogP contribution in [0.15, 0.2) is 24.3 Å². The topological polar surface area (TPSA) is 39.5 Å². The van der Waals surface area contributed by atoms with Crippen molar-refractivity contribution in [3.05, 3.63) is 29.8 Å². The molecule has 1 aliphatic heterocycles. The van der Waals surface area contributed by atoms with E-state index < -0.39 is 0 Å². The minimum Gasteiger partial charge on any atom is -0.488 e. The summed E-state index contributed by atoms with van der Waals surface area (Å²) in [6.45, 7) is 6.84. The third-order valence-electron chi connectivity index (χ3n) is 3.26. The van der Waals surface area contributed by atoms with Crippen molar-refractivity contribution >= 4 is 0 Å². The quantitative estimate of drug-likeness (QED) is 0.659. The molecule has 1 aromatic rings. The number of rotatable bonds is 6. The van der Waals surface area contributed by atoms with Gasteiger partial charge in [0.2, 0.25) is 0 Å². The van der Waals surface area contributed by atoms with Gasteiger partial charge in [0, 0.05) is 5.56 Å². The summed E-state index contributed by atoms with van der Waals surface area (Å²) in [7, 11) is 2.08. The van der Waals surface area contributed by atoms with Crippen molar-refractivity contribution in [2.24, 2.45) is 0 Å². The minimum absolute atomic E-state index is 0.786. The first-order valence-corrected chi connectivity index (χ1v) is 6.79. The van der Waals surface area contributed by atoms with E-state index in [0.29, 0.717) is 0 Å². The molecule has 1 heterocycles. The van der Waals surface area contributed by atoms with Crippen LogP contribution in [0, 0.1) is 0 Å². The lowest BCUT2D eigenvalue weighted by Crippen LogP contribution is -3.14. The van der Waals surface area contributed by atoms with E-state index >= 15 is 0 Å². The van der Waals surface area contributed by atoms with Gasteiger partial charge in [-0.15, -0.1) is 0 Å². The first-order valence-electron chi connectivity index (χ1n) is 6.79. The molecule has 0 unspecified atom stereocenters. The molecule has 1 saturated heterocycles. The van der Waals surface area contributed by atoms with Gasteiger partial charge >= 0.3 is 0 Å². The maximum Gasteiger partial charge on any atom is 0.137 e. The molecule has 1 fully saturated rings. The molecule has 0 bridgehead atoms. The molecule has 0 amide bonds.